The molecular weight excluding hydrogens is 244 g/mol. The molecule has 0 bridgehead atoms. The lowest BCUT2D eigenvalue weighted by Gasteiger charge is -2.33. The van der Waals surface area contributed by atoms with Gasteiger partial charge in [0.2, 0.25) is 0 Å². The highest BCUT2D eigenvalue weighted by molar-refractivity contribution is 6.31. The lowest BCUT2D eigenvalue weighted by molar-refractivity contribution is 0.342. The highest BCUT2D eigenvalue weighted by Gasteiger charge is 2.35. The summed E-state index contributed by atoms with van der Waals surface area (Å²) in [6.07, 6.45) is 6.91. The van der Waals surface area contributed by atoms with Gasteiger partial charge in [0, 0.05) is 29.8 Å². The highest BCUT2D eigenvalue weighted by Crippen LogP contribution is 2.39. The lowest BCUT2D eigenvalue weighted by Crippen LogP contribution is -2.34. The van der Waals surface area contributed by atoms with Crippen LogP contribution in [-0.2, 0) is 6.54 Å². The van der Waals surface area contributed by atoms with Crippen molar-refractivity contribution in [3.05, 3.63) is 28.8 Å². The number of fused-ring (bicyclic) bond motifs is 1. The molecule has 2 atom stereocenters. The first-order valence-corrected chi connectivity index (χ1v) is 7.42. The van der Waals surface area contributed by atoms with Crippen molar-refractivity contribution in [2.75, 3.05) is 11.4 Å². The van der Waals surface area contributed by atoms with Gasteiger partial charge >= 0.3 is 0 Å². The van der Waals surface area contributed by atoms with Gasteiger partial charge in [-0.05, 0) is 42.9 Å². The Bertz CT molecular complexity index is 433. The zero-order chi connectivity index (χ0) is 12.5. The fourth-order valence-corrected chi connectivity index (χ4v) is 3.86. The van der Waals surface area contributed by atoms with Crippen LogP contribution in [0.1, 0.15) is 37.7 Å². The van der Waals surface area contributed by atoms with Gasteiger partial charge in [0.05, 0.1) is 0 Å². The van der Waals surface area contributed by atoms with Crippen molar-refractivity contribution in [1.82, 2.24) is 0 Å². The Morgan fingerprint density at radius 2 is 2.06 bits per heavy atom. The largest absolute Gasteiger partial charge is 0.368 e. The standard InChI is InChI=1S/C15H21ClN2/c16-14-9-13(6-5-12(14)10-17)18-8-7-11-3-1-2-4-15(11)18/h5-6,9,11,15H,1-4,7-8,10,17H2. The fourth-order valence-electron chi connectivity index (χ4n) is 3.61. The van der Waals surface area contributed by atoms with Crippen molar-refractivity contribution < 1.29 is 0 Å². The number of halogens is 1. The molecule has 1 saturated heterocycles. The Hall–Kier alpha value is -0.730. The first-order valence-electron chi connectivity index (χ1n) is 7.04. The molecule has 0 aromatic heterocycles. The quantitative estimate of drug-likeness (QED) is 0.885. The molecule has 3 rings (SSSR count). The van der Waals surface area contributed by atoms with Crippen molar-refractivity contribution in [3.63, 3.8) is 0 Å². The zero-order valence-corrected chi connectivity index (χ0v) is 11.5. The van der Waals surface area contributed by atoms with E-state index in [1.807, 2.05) is 0 Å². The third-order valence-corrected chi connectivity index (χ3v) is 4.95. The normalized spacial score (nSPS) is 27.3. The average Bonchev–Trinajstić information content (AvgIpc) is 2.82. The number of hydrogen-bond donors (Lipinski definition) is 1. The molecule has 1 heterocycles. The van der Waals surface area contributed by atoms with Crippen LogP contribution < -0.4 is 10.6 Å². The van der Waals surface area contributed by atoms with Gasteiger partial charge in [0.1, 0.15) is 0 Å². The zero-order valence-electron chi connectivity index (χ0n) is 10.7. The van der Waals surface area contributed by atoms with Gasteiger partial charge in [0.25, 0.3) is 0 Å². The van der Waals surface area contributed by atoms with Crippen LogP contribution in [0, 0.1) is 5.92 Å². The number of hydrogen-bond acceptors (Lipinski definition) is 2. The second-order valence-corrected chi connectivity index (χ2v) is 5.98. The Balaban J connectivity index is 1.84. The fraction of sp³-hybridized carbons (Fsp3) is 0.600. The van der Waals surface area contributed by atoms with E-state index in [1.54, 1.807) is 0 Å². The topological polar surface area (TPSA) is 29.3 Å². The SMILES string of the molecule is NCc1ccc(N2CCC3CCCCC32)cc1Cl. The maximum atomic E-state index is 6.28. The molecule has 0 spiro atoms. The van der Waals surface area contributed by atoms with Gasteiger partial charge in [-0.25, -0.2) is 0 Å². The third kappa shape index (κ3) is 2.12. The smallest absolute Gasteiger partial charge is 0.0471 e. The molecule has 0 radical (unpaired) electrons. The van der Waals surface area contributed by atoms with Crippen LogP contribution in [0.5, 0.6) is 0 Å². The molecule has 1 aliphatic carbocycles. The maximum Gasteiger partial charge on any atom is 0.0471 e. The molecule has 2 aliphatic rings. The minimum atomic E-state index is 0.519. The monoisotopic (exact) mass is 264 g/mol. The van der Waals surface area contributed by atoms with E-state index in [0.29, 0.717) is 6.54 Å². The minimum absolute atomic E-state index is 0.519. The van der Waals surface area contributed by atoms with E-state index in [0.717, 1.165) is 22.5 Å². The summed E-state index contributed by atoms with van der Waals surface area (Å²) in [6, 6.07) is 7.11. The molecule has 0 amide bonds. The van der Waals surface area contributed by atoms with Gasteiger partial charge in [-0.15, -0.1) is 0 Å². The first-order chi connectivity index (χ1) is 8.79. The van der Waals surface area contributed by atoms with Gasteiger partial charge in [0.15, 0.2) is 0 Å². The number of rotatable bonds is 2. The molecule has 3 heteroatoms. The summed E-state index contributed by atoms with van der Waals surface area (Å²) in [6.45, 7) is 1.71. The van der Waals surface area contributed by atoms with Gasteiger partial charge in [-0.2, -0.15) is 0 Å². The van der Waals surface area contributed by atoms with Gasteiger partial charge < -0.3 is 10.6 Å². The van der Waals surface area contributed by atoms with Crippen molar-refractivity contribution in [1.29, 1.82) is 0 Å². The van der Waals surface area contributed by atoms with E-state index in [9.17, 15) is 0 Å². The van der Waals surface area contributed by atoms with E-state index < -0.39 is 0 Å². The lowest BCUT2D eigenvalue weighted by atomic mass is 9.85. The van der Waals surface area contributed by atoms with Crippen LogP contribution in [0.25, 0.3) is 0 Å². The second kappa shape index (κ2) is 5.10. The number of nitrogens with zero attached hydrogens (tertiary/aromatic N) is 1. The van der Waals surface area contributed by atoms with Crippen LogP contribution in [0.3, 0.4) is 0 Å². The molecule has 1 aliphatic heterocycles. The summed E-state index contributed by atoms with van der Waals surface area (Å²) in [7, 11) is 0. The maximum absolute atomic E-state index is 6.28. The minimum Gasteiger partial charge on any atom is -0.368 e. The van der Waals surface area contributed by atoms with E-state index in [2.05, 4.69) is 23.1 Å². The van der Waals surface area contributed by atoms with E-state index in [-0.39, 0.29) is 0 Å². The summed E-state index contributed by atoms with van der Waals surface area (Å²) in [5, 5.41) is 0.814. The molecule has 2 unspecified atom stereocenters. The highest BCUT2D eigenvalue weighted by atomic mass is 35.5. The predicted molar refractivity (Wildman–Crippen MR) is 77.1 cm³/mol. The molecule has 1 aromatic rings. The van der Waals surface area contributed by atoms with Crippen molar-refractivity contribution >= 4 is 17.3 Å². The predicted octanol–water partition coefficient (Wildman–Crippen LogP) is 3.57. The van der Waals surface area contributed by atoms with E-state index in [1.165, 1.54) is 44.3 Å². The molecule has 2 nitrogen and oxygen atoms in total. The van der Waals surface area contributed by atoms with Gasteiger partial charge in [-0.3, -0.25) is 0 Å². The Labute approximate surface area is 114 Å². The Morgan fingerprint density at radius 1 is 1.22 bits per heavy atom. The van der Waals surface area contributed by atoms with Crippen LogP contribution in [0.15, 0.2) is 18.2 Å². The van der Waals surface area contributed by atoms with Crippen LogP contribution >= 0.6 is 11.6 Å². The molecule has 18 heavy (non-hydrogen) atoms. The second-order valence-electron chi connectivity index (χ2n) is 5.57. The number of nitrogens with two attached hydrogens (primary N) is 1. The Kier molecular flexibility index (Phi) is 3.49. The summed E-state index contributed by atoms with van der Waals surface area (Å²) >= 11 is 6.28. The molecule has 2 N–H and O–H groups in total. The Morgan fingerprint density at radius 3 is 2.83 bits per heavy atom. The summed E-state index contributed by atoms with van der Waals surface area (Å²) in [5.74, 6) is 0.909. The molecule has 98 valence electrons. The molecule has 1 saturated carbocycles. The third-order valence-electron chi connectivity index (χ3n) is 4.60. The van der Waals surface area contributed by atoms with Gasteiger partial charge in [-0.1, -0.05) is 30.5 Å². The summed E-state index contributed by atoms with van der Waals surface area (Å²) < 4.78 is 0. The number of benzene rings is 1. The van der Waals surface area contributed by atoms with Crippen LogP contribution in [0.2, 0.25) is 5.02 Å². The summed E-state index contributed by atoms with van der Waals surface area (Å²) in [5.41, 5.74) is 7.99. The van der Waals surface area contributed by atoms with Crippen LogP contribution in [0.4, 0.5) is 5.69 Å². The van der Waals surface area contributed by atoms with E-state index >= 15 is 0 Å². The van der Waals surface area contributed by atoms with Crippen molar-refractivity contribution in [2.24, 2.45) is 11.7 Å². The molecule has 1 aromatic carbocycles. The summed E-state index contributed by atoms with van der Waals surface area (Å²) in [4.78, 5) is 2.57. The van der Waals surface area contributed by atoms with Crippen molar-refractivity contribution in [2.45, 2.75) is 44.7 Å². The molecule has 2 fully saturated rings. The first kappa shape index (κ1) is 12.3. The molecular formula is C15H21ClN2. The number of anilines is 1. The van der Waals surface area contributed by atoms with Crippen molar-refractivity contribution in [3.8, 4) is 0 Å². The average molecular weight is 265 g/mol. The van der Waals surface area contributed by atoms with E-state index in [4.69, 9.17) is 17.3 Å². The van der Waals surface area contributed by atoms with Crippen LogP contribution in [-0.4, -0.2) is 12.6 Å².